The highest BCUT2D eigenvalue weighted by Gasteiger charge is 2.56. The summed E-state index contributed by atoms with van der Waals surface area (Å²) in [5.41, 5.74) is 0.851. The minimum absolute atomic E-state index is 0.00192. The van der Waals surface area contributed by atoms with Crippen LogP contribution in [0.3, 0.4) is 0 Å². The van der Waals surface area contributed by atoms with Gasteiger partial charge in [-0.3, -0.25) is 0 Å². The first-order chi connectivity index (χ1) is 21.4. The van der Waals surface area contributed by atoms with Crippen LogP contribution in [0, 0.1) is 0 Å². The first kappa shape index (κ1) is 47.1. The van der Waals surface area contributed by atoms with Gasteiger partial charge in [-0.25, -0.2) is 4.79 Å². The number of carbonyl (C=O) groups excluding carboxylic acids is 1. The number of ether oxygens (including phenoxy) is 1. The summed E-state index contributed by atoms with van der Waals surface area (Å²) >= 11 is 0. The van der Waals surface area contributed by atoms with E-state index in [1.165, 1.54) is 37.8 Å². The van der Waals surface area contributed by atoms with Crippen molar-refractivity contribution in [3.8, 4) is 0 Å². The number of carbonyl (C=O) groups is 1. The highest BCUT2D eigenvalue weighted by molar-refractivity contribution is 6.82. The molecule has 0 saturated carbocycles. The third-order valence-corrected chi connectivity index (χ3v) is 29.1. The maximum Gasteiger partial charge on any atom is 0.333 e. The van der Waals surface area contributed by atoms with Crippen LogP contribution in [0.1, 0.15) is 107 Å². The number of unbranched alkanes of at least 4 members (excludes halogenated alkanes) is 2. The predicted molar refractivity (Wildman–Crippen MR) is 217 cm³/mol. The van der Waals surface area contributed by atoms with Crippen molar-refractivity contribution >= 4 is 47.3 Å². The zero-order chi connectivity index (χ0) is 36.9. The Hall–Kier alpha value is 0.134. The number of rotatable bonds is 26. The Balaban J connectivity index is 6.56. The van der Waals surface area contributed by atoms with Gasteiger partial charge in [0, 0.05) is 11.3 Å². The summed E-state index contributed by atoms with van der Waals surface area (Å²) in [6.45, 7) is 43.2. The average molecular weight is 749 g/mol. The molecule has 0 aromatic heterocycles. The fraction of sp³-hybridized carbons (Fsp3) is 0.917. The van der Waals surface area contributed by atoms with Crippen molar-refractivity contribution in [1.29, 1.82) is 0 Å². The molecule has 47 heavy (non-hydrogen) atoms. The van der Waals surface area contributed by atoms with E-state index in [1.807, 2.05) is 0 Å². The van der Waals surface area contributed by atoms with E-state index in [4.69, 9.17) is 22.4 Å². The fourth-order valence-corrected chi connectivity index (χ4v) is 26.1. The predicted octanol–water partition coefficient (Wildman–Crippen LogP) is 11.3. The summed E-state index contributed by atoms with van der Waals surface area (Å²) in [6.07, 6.45) is 8.47. The van der Waals surface area contributed by atoms with Crippen LogP contribution in [0.2, 0.25) is 77.1 Å². The van der Waals surface area contributed by atoms with Gasteiger partial charge < -0.3 is 22.4 Å². The second kappa shape index (κ2) is 20.2. The quantitative estimate of drug-likeness (QED) is 0.0380. The molecule has 0 fully saturated rings. The Morgan fingerprint density at radius 2 is 1.21 bits per heavy atom. The lowest BCUT2D eigenvalue weighted by atomic mass is 10.2. The van der Waals surface area contributed by atoms with Crippen LogP contribution in [0.5, 0.6) is 0 Å². The van der Waals surface area contributed by atoms with Crippen molar-refractivity contribution in [3.05, 3.63) is 12.2 Å². The molecule has 11 heteroatoms. The lowest BCUT2D eigenvalue weighted by molar-refractivity contribution is -0.138. The van der Waals surface area contributed by atoms with Gasteiger partial charge in [0.25, 0.3) is 0 Å². The van der Waals surface area contributed by atoms with Gasteiger partial charge >= 0.3 is 5.97 Å². The van der Waals surface area contributed by atoms with Crippen molar-refractivity contribution < 1.29 is 27.2 Å². The maximum atomic E-state index is 12.2. The minimum Gasteiger partial charge on any atom is -0.462 e. The Morgan fingerprint density at radius 1 is 0.702 bits per heavy atom. The molecule has 0 amide bonds. The molecule has 4 atom stereocenters. The molecule has 4 unspecified atom stereocenters. The van der Waals surface area contributed by atoms with Crippen molar-refractivity contribution in [1.82, 2.24) is 0 Å². The van der Waals surface area contributed by atoms with E-state index < -0.39 is 46.6 Å². The fourth-order valence-electron chi connectivity index (χ4n) is 6.79. The highest BCUT2D eigenvalue weighted by atomic mass is 28.4. The summed E-state index contributed by atoms with van der Waals surface area (Å²) in [5, 5.41) is -0.397. The Bertz CT molecular complexity index is 937. The van der Waals surface area contributed by atoms with E-state index in [1.54, 1.807) is 6.92 Å². The van der Waals surface area contributed by atoms with Gasteiger partial charge in [-0.05, 0) is 104 Å². The topological polar surface area (TPSA) is 63.2 Å². The molecule has 6 nitrogen and oxygen atoms in total. The second-order valence-electron chi connectivity index (χ2n) is 16.8. The van der Waals surface area contributed by atoms with E-state index in [2.05, 4.69) is 114 Å². The Morgan fingerprint density at radius 3 is 1.68 bits per heavy atom. The maximum absolute atomic E-state index is 12.2. The van der Waals surface area contributed by atoms with Crippen molar-refractivity contribution in [3.63, 3.8) is 0 Å². The van der Waals surface area contributed by atoms with Gasteiger partial charge in [-0.2, -0.15) is 0 Å². The normalized spacial score (nSPS) is 16.8. The van der Waals surface area contributed by atoms with Crippen LogP contribution in [0.25, 0.3) is 0 Å². The largest absolute Gasteiger partial charge is 0.462 e. The monoisotopic (exact) mass is 748 g/mol. The third kappa shape index (κ3) is 14.7. The standard InChI is InChI=1S/C36H80O6Si5/c1-19-24-28-43(10,11)34(21-3)41-45(14,15)33(9)40-47(18,30-26-27-38-35(37)31(6)7)36(22-4,23-5)42-46(16,17)32(8)39-44(12,13)29-25-20-2/h32-34H,6,19-30H2,1-5,7-18H3. The van der Waals surface area contributed by atoms with Crippen LogP contribution < -0.4 is 0 Å². The molecule has 0 bridgehead atoms. The molecule has 280 valence electrons. The van der Waals surface area contributed by atoms with Gasteiger partial charge in [-0.15, -0.1) is 0 Å². The molecule has 0 saturated heterocycles. The number of esters is 1. The van der Waals surface area contributed by atoms with E-state index >= 15 is 0 Å². The van der Waals surface area contributed by atoms with E-state index in [9.17, 15) is 4.79 Å². The minimum atomic E-state index is -2.64. The summed E-state index contributed by atoms with van der Waals surface area (Å²) < 4.78 is 34.8. The number of hydrogen-bond acceptors (Lipinski definition) is 6. The molecule has 0 aromatic rings. The van der Waals surface area contributed by atoms with Gasteiger partial charge in [0.1, 0.15) is 0 Å². The lowest BCUT2D eigenvalue weighted by Crippen LogP contribution is -2.68. The van der Waals surface area contributed by atoms with Gasteiger partial charge in [0.15, 0.2) is 8.32 Å². The Kier molecular flexibility index (Phi) is 20.3. The third-order valence-electron chi connectivity index (χ3n) is 10.8. The summed E-state index contributed by atoms with van der Waals surface area (Å²) in [4.78, 5) is 12.2. The van der Waals surface area contributed by atoms with Crippen LogP contribution in [-0.4, -0.2) is 76.3 Å². The van der Waals surface area contributed by atoms with E-state index in [0.29, 0.717) is 17.9 Å². The van der Waals surface area contributed by atoms with Crippen LogP contribution in [-0.2, 0) is 27.2 Å². The van der Waals surface area contributed by atoms with Gasteiger partial charge in [0.05, 0.1) is 31.4 Å². The van der Waals surface area contributed by atoms with Crippen LogP contribution >= 0.6 is 0 Å². The van der Waals surface area contributed by atoms with Crippen molar-refractivity contribution in [2.45, 2.75) is 206 Å². The molecule has 0 rings (SSSR count). The first-order valence-electron chi connectivity index (χ1n) is 19.0. The van der Waals surface area contributed by atoms with Crippen molar-refractivity contribution in [2.75, 3.05) is 6.61 Å². The van der Waals surface area contributed by atoms with Crippen LogP contribution in [0.4, 0.5) is 0 Å². The molecular weight excluding hydrogens is 669 g/mol. The second-order valence-corrected chi connectivity index (χ2v) is 38.7. The lowest BCUT2D eigenvalue weighted by Gasteiger charge is -2.53. The van der Waals surface area contributed by atoms with Gasteiger partial charge in [0.2, 0.25) is 25.0 Å². The van der Waals surface area contributed by atoms with Crippen LogP contribution in [0.15, 0.2) is 12.2 Å². The summed E-state index contributed by atoms with van der Waals surface area (Å²) in [6, 6.07) is 3.33. The molecule has 0 aromatic carbocycles. The smallest absolute Gasteiger partial charge is 0.333 e. The number of hydrogen-bond donors (Lipinski definition) is 0. The Labute approximate surface area is 298 Å². The molecule has 0 aliphatic heterocycles. The van der Waals surface area contributed by atoms with Crippen molar-refractivity contribution in [2.24, 2.45) is 0 Å². The highest BCUT2D eigenvalue weighted by Crippen LogP contribution is 2.42. The zero-order valence-electron chi connectivity index (χ0n) is 34.4. The zero-order valence-corrected chi connectivity index (χ0v) is 39.4. The molecular formula is C36H80O6Si5. The molecule has 0 spiro atoms. The SMILES string of the molecule is C=C(C)C(=O)OCCC[Si](C)(OC(C)[Si](C)(C)OC(CC)[Si](C)(C)CCCC)C(CC)(CC)O[Si](C)(C)C(C)O[Si](C)(C)CCCC. The molecule has 0 radical (unpaired) electrons. The van der Waals surface area contributed by atoms with E-state index in [0.717, 1.165) is 31.7 Å². The first-order valence-corrected chi connectivity index (χ1v) is 34.0. The van der Waals surface area contributed by atoms with Gasteiger partial charge in [-0.1, -0.05) is 86.0 Å². The molecule has 0 aliphatic carbocycles. The summed E-state index contributed by atoms with van der Waals surface area (Å²) in [5.74, 6) is -0.326. The average Bonchev–Trinajstić information content (AvgIpc) is 2.98. The van der Waals surface area contributed by atoms with E-state index in [-0.39, 0.29) is 17.4 Å². The molecule has 0 aliphatic rings. The summed E-state index contributed by atoms with van der Waals surface area (Å²) in [7, 11) is -10.6. The molecule has 0 N–H and O–H groups in total. The molecule has 0 heterocycles.